The fourth-order valence-corrected chi connectivity index (χ4v) is 1.68. The lowest BCUT2D eigenvalue weighted by Crippen LogP contribution is -2.28. The van der Waals surface area contributed by atoms with Crippen LogP contribution in [0.2, 0.25) is 0 Å². The lowest BCUT2D eigenvalue weighted by Gasteiger charge is -2.09. The minimum Gasteiger partial charge on any atom is -0.423 e. The van der Waals surface area contributed by atoms with Crippen molar-refractivity contribution in [1.29, 1.82) is 0 Å². The van der Waals surface area contributed by atoms with E-state index >= 15 is 0 Å². The standard InChI is InChI=1S/C14H18N4O2/c1-9(2)13-17-18-14(20-13)10(3)16-12(19)8-11-6-4-5-7-15-11/h4-7,9-10H,8H2,1-3H3,(H,16,19)/t10-/m0/s1. The van der Waals surface area contributed by atoms with Crippen LogP contribution in [-0.4, -0.2) is 21.1 Å². The van der Waals surface area contributed by atoms with Crippen LogP contribution in [0.15, 0.2) is 28.8 Å². The molecule has 20 heavy (non-hydrogen) atoms. The highest BCUT2D eigenvalue weighted by Crippen LogP contribution is 2.16. The van der Waals surface area contributed by atoms with Gasteiger partial charge in [-0.25, -0.2) is 0 Å². The van der Waals surface area contributed by atoms with Gasteiger partial charge in [-0.1, -0.05) is 19.9 Å². The second-order valence-electron chi connectivity index (χ2n) is 4.92. The molecule has 2 heterocycles. The van der Waals surface area contributed by atoms with Crippen LogP contribution in [0.5, 0.6) is 0 Å². The first-order chi connectivity index (χ1) is 9.56. The number of carbonyl (C=O) groups is 1. The molecule has 2 aromatic rings. The first-order valence-corrected chi connectivity index (χ1v) is 6.59. The zero-order chi connectivity index (χ0) is 14.5. The van der Waals surface area contributed by atoms with Crippen LogP contribution in [0.4, 0.5) is 0 Å². The first kappa shape index (κ1) is 14.2. The Hall–Kier alpha value is -2.24. The van der Waals surface area contributed by atoms with E-state index in [0.29, 0.717) is 11.8 Å². The second kappa shape index (κ2) is 6.27. The summed E-state index contributed by atoms with van der Waals surface area (Å²) in [6, 6.07) is 5.17. The van der Waals surface area contributed by atoms with Gasteiger partial charge in [-0.05, 0) is 19.1 Å². The average Bonchev–Trinajstić information content (AvgIpc) is 2.89. The predicted octanol–water partition coefficient (Wildman–Crippen LogP) is 2.01. The van der Waals surface area contributed by atoms with Crippen molar-refractivity contribution in [2.45, 2.75) is 39.2 Å². The van der Waals surface area contributed by atoms with Crippen molar-refractivity contribution >= 4 is 5.91 Å². The van der Waals surface area contributed by atoms with Crippen LogP contribution in [-0.2, 0) is 11.2 Å². The number of nitrogens with one attached hydrogen (secondary N) is 1. The SMILES string of the molecule is CC(C)c1nnc([C@H](C)NC(=O)Cc2ccccn2)o1. The van der Waals surface area contributed by atoms with Crippen molar-refractivity contribution in [3.8, 4) is 0 Å². The molecule has 106 valence electrons. The molecule has 0 saturated heterocycles. The van der Waals surface area contributed by atoms with Crippen molar-refractivity contribution in [2.75, 3.05) is 0 Å². The van der Waals surface area contributed by atoms with Crippen molar-refractivity contribution in [1.82, 2.24) is 20.5 Å². The normalized spacial score (nSPS) is 12.4. The van der Waals surface area contributed by atoms with Crippen LogP contribution in [0, 0.1) is 0 Å². The van der Waals surface area contributed by atoms with E-state index in [9.17, 15) is 4.79 Å². The molecule has 0 unspecified atom stereocenters. The fourth-order valence-electron chi connectivity index (χ4n) is 1.68. The van der Waals surface area contributed by atoms with Gasteiger partial charge in [0, 0.05) is 17.8 Å². The summed E-state index contributed by atoms with van der Waals surface area (Å²) >= 11 is 0. The number of pyridine rings is 1. The molecule has 1 N–H and O–H groups in total. The van der Waals surface area contributed by atoms with Crippen molar-refractivity contribution in [3.05, 3.63) is 41.9 Å². The molecule has 0 aliphatic heterocycles. The smallest absolute Gasteiger partial charge is 0.238 e. The maximum absolute atomic E-state index is 11.9. The maximum Gasteiger partial charge on any atom is 0.238 e. The summed E-state index contributed by atoms with van der Waals surface area (Å²) in [7, 11) is 0. The molecule has 0 fully saturated rings. The Morgan fingerprint density at radius 1 is 1.25 bits per heavy atom. The van der Waals surface area contributed by atoms with Crippen LogP contribution in [0.25, 0.3) is 0 Å². The third kappa shape index (κ3) is 3.63. The highest BCUT2D eigenvalue weighted by Gasteiger charge is 2.17. The molecular formula is C14H18N4O2. The summed E-state index contributed by atoms with van der Waals surface area (Å²) in [5, 5.41) is 10.7. The molecule has 0 saturated carbocycles. The van der Waals surface area contributed by atoms with Crippen LogP contribution < -0.4 is 5.32 Å². The number of nitrogens with zero attached hydrogens (tertiary/aromatic N) is 3. The van der Waals surface area contributed by atoms with Gasteiger partial charge >= 0.3 is 0 Å². The molecule has 0 aliphatic carbocycles. The summed E-state index contributed by atoms with van der Waals surface area (Å²) < 4.78 is 5.51. The fraction of sp³-hybridized carbons (Fsp3) is 0.429. The largest absolute Gasteiger partial charge is 0.423 e. The van der Waals surface area contributed by atoms with E-state index in [1.54, 1.807) is 6.20 Å². The lowest BCUT2D eigenvalue weighted by atomic mass is 10.2. The molecule has 0 radical (unpaired) electrons. The Kier molecular flexibility index (Phi) is 4.45. The number of hydrogen-bond donors (Lipinski definition) is 1. The molecule has 0 spiro atoms. The second-order valence-corrected chi connectivity index (χ2v) is 4.92. The molecule has 0 aromatic carbocycles. The van der Waals surface area contributed by atoms with Gasteiger partial charge in [-0.2, -0.15) is 0 Å². The van der Waals surface area contributed by atoms with E-state index in [1.807, 2.05) is 39.0 Å². The average molecular weight is 274 g/mol. The van der Waals surface area contributed by atoms with Crippen LogP contribution in [0.3, 0.4) is 0 Å². The Morgan fingerprint density at radius 3 is 2.60 bits per heavy atom. The van der Waals surface area contributed by atoms with Crippen molar-refractivity contribution in [2.24, 2.45) is 0 Å². The summed E-state index contributed by atoms with van der Waals surface area (Å²) in [4.78, 5) is 16.0. The number of carbonyl (C=O) groups excluding carboxylic acids is 1. The Labute approximate surface area is 117 Å². The summed E-state index contributed by atoms with van der Waals surface area (Å²) in [5.74, 6) is 1.04. The molecule has 0 aliphatic rings. The van der Waals surface area contributed by atoms with E-state index in [0.717, 1.165) is 5.69 Å². The molecule has 2 rings (SSSR count). The lowest BCUT2D eigenvalue weighted by molar-refractivity contribution is -0.121. The Balaban J connectivity index is 1.93. The monoisotopic (exact) mass is 274 g/mol. The number of amides is 1. The van der Waals surface area contributed by atoms with Gasteiger partial charge in [-0.15, -0.1) is 10.2 Å². The summed E-state index contributed by atoms with van der Waals surface area (Å²) in [6.07, 6.45) is 1.90. The Morgan fingerprint density at radius 2 is 2.00 bits per heavy atom. The molecule has 1 amide bonds. The quantitative estimate of drug-likeness (QED) is 0.902. The van der Waals surface area contributed by atoms with Gasteiger partial charge in [0.2, 0.25) is 17.7 Å². The van der Waals surface area contributed by atoms with Gasteiger partial charge in [0.15, 0.2) is 0 Å². The molecular weight excluding hydrogens is 256 g/mol. The van der Waals surface area contributed by atoms with Gasteiger partial charge in [0.1, 0.15) is 6.04 Å². The summed E-state index contributed by atoms with van der Waals surface area (Å²) in [6.45, 7) is 5.76. The number of hydrogen-bond acceptors (Lipinski definition) is 5. The van der Waals surface area contributed by atoms with Gasteiger partial charge < -0.3 is 9.73 Å². The van der Waals surface area contributed by atoms with E-state index in [4.69, 9.17) is 4.42 Å². The van der Waals surface area contributed by atoms with Crippen molar-refractivity contribution in [3.63, 3.8) is 0 Å². The molecule has 2 aromatic heterocycles. The molecule has 0 bridgehead atoms. The van der Waals surface area contributed by atoms with Crippen LogP contribution >= 0.6 is 0 Å². The zero-order valence-electron chi connectivity index (χ0n) is 11.8. The minimum absolute atomic E-state index is 0.125. The zero-order valence-corrected chi connectivity index (χ0v) is 11.8. The van der Waals surface area contributed by atoms with Gasteiger partial charge in [-0.3, -0.25) is 9.78 Å². The topological polar surface area (TPSA) is 80.9 Å². The van der Waals surface area contributed by atoms with E-state index in [1.165, 1.54) is 0 Å². The third-order valence-electron chi connectivity index (χ3n) is 2.77. The van der Waals surface area contributed by atoms with Crippen molar-refractivity contribution < 1.29 is 9.21 Å². The third-order valence-corrected chi connectivity index (χ3v) is 2.77. The molecule has 1 atom stereocenters. The van der Waals surface area contributed by atoms with E-state index in [2.05, 4.69) is 20.5 Å². The van der Waals surface area contributed by atoms with Gasteiger partial charge in [0.05, 0.1) is 6.42 Å². The van der Waals surface area contributed by atoms with E-state index in [-0.39, 0.29) is 24.3 Å². The maximum atomic E-state index is 11.9. The number of rotatable bonds is 5. The highest BCUT2D eigenvalue weighted by atomic mass is 16.4. The Bertz CT molecular complexity index is 566. The summed E-state index contributed by atoms with van der Waals surface area (Å²) in [5.41, 5.74) is 0.727. The van der Waals surface area contributed by atoms with E-state index < -0.39 is 0 Å². The molecule has 6 nitrogen and oxygen atoms in total. The molecule has 6 heteroatoms. The first-order valence-electron chi connectivity index (χ1n) is 6.59. The predicted molar refractivity (Wildman–Crippen MR) is 72.9 cm³/mol. The van der Waals surface area contributed by atoms with Crippen LogP contribution in [0.1, 0.15) is 50.2 Å². The van der Waals surface area contributed by atoms with Gasteiger partial charge in [0.25, 0.3) is 0 Å². The number of aromatic nitrogens is 3. The minimum atomic E-state index is -0.314. The highest BCUT2D eigenvalue weighted by molar-refractivity contribution is 5.78.